The molecule has 1 saturated carbocycles. The molecule has 0 radical (unpaired) electrons. The van der Waals surface area contributed by atoms with Gasteiger partial charge in [0.1, 0.15) is 12.4 Å². The van der Waals surface area contributed by atoms with Gasteiger partial charge in [0, 0.05) is 16.1 Å². The van der Waals surface area contributed by atoms with Gasteiger partial charge < -0.3 is 10.1 Å². The summed E-state index contributed by atoms with van der Waals surface area (Å²) in [4.78, 5) is 11.7. The van der Waals surface area contributed by atoms with Gasteiger partial charge in [-0.1, -0.05) is 28.1 Å². The third kappa shape index (κ3) is 4.08. The van der Waals surface area contributed by atoms with Crippen molar-refractivity contribution in [3.63, 3.8) is 0 Å². The Morgan fingerprint density at radius 2 is 1.95 bits per heavy atom. The molecule has 2 aromatic carbocycles. The van der Waals surface area contributed by atoms with Crippen LogP contribution in [0, 0.1) is 5.92 Å². The molecule has 1 N–H and O–H groups in total. The number of ether oxygens (including phenoxy) is 1. The summed E-state index contributed by atoms with van der Waals surface area (Å²) < 4.78 is 6.78. The predicted octanol–water partition coefficient (Wildman–Crippen LogP) is 4.38. The molecule has 108 valence electrons. The monoisotopic (exact) mass is 345 g/mol. The van der Waals surface area contributed by atoms with Gasteiger partial charge in [0.25, 0.3) is 0 Å². The second kappa shape index (κ2) is 6.31. The zero-order chi connectivity index (χ0) is 14.7. The highest BCUT2D eigenvalue weighted by molar-refractivity contribution is 9.10. The van der Waals surface area contributed by atoms with Gasteiger partial charge >= 0.3 is 0 Å². The highest BCUT2D eigenvalue weighted by atomic mass is 79.9. The summed E-state index contributed by atoms with van der Waals surface area (Å²) in [6, 6.07) is 15.5. The molecule has 0 aliphatic heterocycles. The zero-order valence-corrected chi connectivity index (χ0v) is 13.1. The summed E-state index contributed by atoms with van der Waals surface area (Å²) in [5.74, 6) is 1.13. The van der Waals surface area contributed by atoms with E-state index in [1.54, 1.807) is 0 Å². The Kier molecular flexibility index (Phi) is 4.25. The molecule has 0 saturated heterocycles. The number of carbonyl (C=O) groups excluding carboxylic acids is 1. The number of anilines is 1. The second-order valence-electron chi connectivity index (χ2n) is 5.21. The zero-order valence-electron chi connectivity index (χ0n) is 11.5. The molecule has 4 heteroatoms. The normalized spacial score (nSPS) is 13.8. The quantitative estimate of drug-likeness (QED) is 0.873. The van der Waals surface area contributed by atoms with Gasteiger partial charge in [-0.2, -0.15) is 0 Å². The van der Waals surface area contributed by atoms with Crippen LogP contribution < -0.4 is 10.1 Å². The molecule has 0 bridgehead atoms. The van der Waals surface area contributed by atoms with E-state index in [4.69, 9.17) is 4.74 Å². The number of hydrogen-bond acceptors (Lipinski definition) is 2. The number of carbonyl (C=O) groups is 1. The van der Waals surface area contributed by atoms with Gasteiger partial charge in [-0.15, -0.1) is 0 Å². The molecule has 0 unspecified atom stereocenters. The molecule has 3 rings (SSSR count). The highest BCUT2D eigenvalue weighted by Crippen LogP contribution is 2.30. The van der Waals surface area contributed by atoms with Gasteiger partial charge in [0.15, 0.2) is 0 Å². The van der Waals surface area contributed by atoms with Crippen LogP contribution in [0.1, 0.15) is 18.4 Å². The Balaban J connectivity index is 1.55. The third-order valence-electron chi connectivity index (χ3n) is 3.36. The second-order valence-corrected chi connectivity index (χ2v) is 6.12. The molecule has 1 fully saturated rings. The van der Waals surface area contributed by atoms with E-state index in [-0.39, 0.29) is 11.8 Å². The Hall–Kier alpha value is -1.81. The van der Waals surface area contributed by atoms with E-state index < -0.39 is 0 Å². The topological polar surface area (TPSA) is 38.3 Å². The van der Waals surface area contributed by atoms with E-state index in [2.05, 4.69) is 21.2 Å². The molecule has 1 aliphatic carbocycles. The number of amides is 1. The van der Waals surface area contributed by atoms with Gasteiger partial charge in [-0.05, 0) is 54.8 Å². The fourth-order valence-electron chi connectivity index (χ4n) is 2.02. The van der Waals surface area contributed by atoms with Gasteiger partial charge in [0.05, 0.1) is 0 Å². The van der Waals surface area contributed by atoms with E-state index in [0.717, 1.165) is 34.3 Å². The molecule has 1 amide bonds. The molecule has 0 spiro atoms. The maximum Gasteiger partial charge on any atom is 0.227 e. The van der Waals surface area contributed by atoms with Gasteiger partial charge in [-0.25, -0.2) is 0 Å². The van der Waals surface area contributed by atoms with Crippen molar-refractivity contribution in [1.82, 2.24) is 0 Å². The minimum Gasteiger partial charge on any atom is -0.489 e. The number of rotatable bonds is 5. The average molecular weight is 346 g/mol. The molecular formula is C17H16BrNO2. The van der Waals surface area contributed by atoms with Crippen LogP contribution in [0.4, 0.5) is 5.69 Å². The lowest BCUT2D eigenvalue weighted by atomic mass is 10.2. The standard InChI is InChI=1S/C17H16BrNO2/c18-14-3-1-2-12(10-14)11-21-16-8-6-15(7-9-16)19-17(20)13-4-5-13/h1-3,6-10,13H,4-5,11H2,(H,19,20). The number of nitrogens with one attached hydrogen (secondary N) is 1. The molecule has 0 heterocycles. The highest BCUT2D eigenvalue weighted by Gasteiger charge is 2.29. The lowest BCUT2D eigenvalue weighted by Crippen LogP contribution is -2.13. The van der Waals surface area contributed by atoms with E-state index >= 15 is 0 Å². The van der Waals surface area contributed by atoms with E-state index in [9.17, 15) is 4.79 Å². The van der Waals surface area contributed by atoms with Gasteiger partial charge in [-0.3, -0.25) is 4.79 Å². The third-order valence-corrected chi connectivity index (χ3v) is 3.86. The Bertz CT molecular complexity index is 635. The number of benzene rings is 2. The first kappa shape index (κ1) is 14.1. The Labute approximate surface area is 132 Å². The van der Waals surface area contributed by atoms with Crippen LogP contribution in [0.2, 0.25) is 0 Å². The first-order valence-corrected chi connectivity index (χ1v) is 7.78. The van der Waals surface area contributed by atoms with Crippen molar-refractivity contribution in [2.24, 2.45) is 5.92 Å². The van der Waals surface area contributed by atoms with E-state index in [0.29, 0.717) is 6.61 Å². The van der Waals surface area contributed by atoms with Crippen LogP contribution in [-0.2, 0) is 11.4 Å². The lowest BCUT2D eigenvalue weighted by molar-refractivity contribution is -0.117. The van der Waals surface area contributed by atoms with Crippen molar-refractivity contribution in [1.29, 1.82) is 0 Å². The molecule has 0 atom stereocenters. The van der Waals surface area contributed by atoms with Crippen molar-refractivity contribution >= 4 is 27.5 Å². The van der Waals surface area contributed by atoms with Crippen molar-refractivity contribution in [3.8, 4) is 5.75 Å². The van der Waals surface area contributed by atoms with Gasteiger partial charge in [0.2, 0.25) is 5.91 Å². The van der Waals surface area contributed by atoms with Crippen LogP contribution in [0.15, 0.2) is 53.0 Å². The van der Waals surface area contributed by atoms with Crippen LogP contribution >= 0.6 is 15.9 Å². The predicted molar refractivity (Wildman–Crippen MR) is 86.3 cm³/mol. The molecule has 2 aromatic rings. The average Bonchev–Trinajstić information content (AvgIpc) is 3.31. The lowest BCUT2D eigenvalue weighted by Gasteiger charge is -2.08. The molecule has 21 heavy (non-hydrogen) atoms. The Morgan fingerprint density at radius 1 is 1.19 bits per heavy atom. The summed E-state index contributed by atoms with van der Waals surface area (Å²) in [6.07, 6.45) is 2.03. The van der Waals surface area contributed by atoms with Crippen molar-refractivity contribution in [2.45, 2.75) is 19.4 Å². The van der Waals surface area contributed by atoms with E-state index in [1.807, 2.05) is 48.5 Å². The Morgan fingerprint density at radius 3 is 2.62 bits per heavy atom. The van der Waals surface area contributed by atoms with Crippen LogP contribution in [0.3, 0.4) is 0 Å². The molecule has 1 aliphatic rings. The van der Waals surface area contributed by atoms with Crippen molar-refractivity contribution < 1.29 is 9.53 Å². The molecule has 0 aromatic heterocycles. The minimum atomic E-state index is 0.123. The van der Waals surface area contributed by atoms with Crippen LogP contribution in [0.5, 0.6) is 5.75 Å². The summed E-state index contributed by atoms with van der Waals surface area (Å²) in [5, 5.41) is 2.91. The van der Waals surface area contributed by atoms with Crippen LogP contribution in [-0.4, -0.2) is 5.91 Å². The van der Waals surface area contributed by atoms with Crippen LogP contribution in [0.25, 0.3) is 0 Å². The first-order valence-electron chi connectivity index (χ1n) is 6.99. The maximum atomic E-state index is 11.7. The summed E-state index contributed by atoms with van der Waals surface area (Å²) in [5.41, 5.74) is 1.93. The smallest absolute Gasteiger partial charge is 0.227 e. The number of hydrogen-bond donors (Lipinski definition) is 1. The number of halogens is 1. The van der Waals surface area contributed by atoms with Crippen molar-refractivity contribution in [3.05, 3.63) is 58.6 Å². The summed E-state index contributed by atoms with van der Waals surface area (Å²) in [6.45, 7) is 0.521. The summed E-state index contributed by atoms with van der Waals surface area (Å²) in [7, 11) is 0. The minimum absolute atomic E-state index is 0.123. The SMILES string of the molecule is O=C(Nc1ccc(OCc2cccc(Br)c2)cc1)C1CC1. The largest absolute Gasteiger partial charge is 0.489 e. The molecular weight excluding hydrogens is 330 g/mol. The molecule has 3 nitrogen and oxygen atoms in total. The van der Waals surface area contributed by atoms with E-state index in [1.165, 1.54) is 0 Å². The fraction of sp³-hybridized carbons (Fsp3) is 0.235. The maximum absolute atomic E-state index is 11.7. The van der Waals surface area contributed by atoms with Crippen molar-refractivity contribution in [2.75, 3.05) is 5.32 Å². The first-order chi connectivity index (χ1) is 10.2. The fourth-order valence-corrected chi connectivity index (χ4v) is 2.46. The summed E-state index contributed by atoms with van der Waals surface area (Å²) >= 11 is 3.44.